The lowest BCUT2D eigenvalue weighted by molar-refractivity contribution is 1.40. The van der Waals surface area contributed by atoms with Crippen molar-refractivity contribution in [2.45, 2.75) is 0 Å². The largest absolute Gasteiger partial charge is 0.384 e. The molecule has 2 aromatic carbocycles. The highest BCUT2D eigenvalue weighted by Gasteiger charge is 2.12. The first-order valence-corrected chi connectivity index (χ1v) is 6.47. The number of fused-ring (bicyclic) bond motifs is 1. The van der Waals surface area contributed by atoms with Gasteiger partial charge in [0.1, 0.15) is 11.7 Å². The van der Waals surface area contributed by atoms with Gasteiger partial charge in [-0.2, -0.15) is 0 Å². The minimum atomic E-state index is -0.0461. The molecule has 0 atom stereocenters. The van der Waals surface area contributed by atoms with Crippen molar-refractivity contribution in [3.8, 4) is 11.3 Å². The third kappa shape index (κ3) is 2.66. The number of H-pyrrole nitrogens is 1. The lowest BCUT2D eigenvalue weighted by Crippen LogP contribution is -2.15. The number of aromatic nitrogens is 1. The van der Waals surface area contributed by atoms with E-state index in [1.807, 2.05) is 36.4 Å². The van der Waals surface area contributed by atoms with E-state index in [-0.39, 0.29) is 24.1 Å². The predicted molar refractivity (Wildman–Crippen MR) is 93.0 cm³/mol. The number of halogens is 1. The number of nitrogens with two attached hydrogens (primary N) is 2. The zero-order chi connectivity index (χ0) is 15.0. The van der Waals surface area contributed by atoms with Crippen LogP contribution < -0.4 is 11.5 Å². The normalized spacial score (nSPS) is 10.2. The minimum absolute atomic E-state index is 0. The second-order valence-corrected chi connectivity index (χ2v) is 4.86. The molecule has 0 radical (unpaired) electrons. The van der Waals surface area contributed by atoms with Crippen LogP contribution in [0.2, 0.25) is 0 Å². The fourth-order valence-corrected chi connectivity index (χ4v) is 2.39. The van der Waals surface area contributed by atoms with E-state index in [1.165, 1.54) is 0 Å². The van der Waals surface area contributed by atoms with Gasteiger partial charge >= 0.3 is 0 Å². The molecule has 112 valence electrons. The van der Waals surface area contributed by atoms with Crippen molar-refractivity contribution >= 4 is 35.0 Å². The van der Waals surface area contributed by atoms with Crippen molar-refractivity contribution in [2.75, 3.05) is 0 Å². The smallest absolute Gasteiger partial charge is 0.123 e. The van der Waals surface area contributed by atoms with Gasteiger partial charge in [-0.3, -0.25) is 10.8 Å². The van der Waals surface area contributed by atoms with E-state index in [0.717, 1.165) is 22.2 Å². The number of hydrogen-bond donors (Lipinski definition) is 5. The van der Waals surface area contributed by atoms with Crippen LogP contribution in [0, 0.1) is 10.8 Å². The van der Waals surface area contributed by atoms with Crippen molar-refractivity contribution in [2.24, 2.45) is 11.5 Å². The van der Waals surface area contributed by atoms with E-state index in [4.69, 9.17) is 22.3 Å². The van der Waals surface area contributed by atoms with E-state index in [9.17, 15) is 0 Å². The Morgan fingerprint density at radius 1 is 0.909 bits per heavy atom. The summed E-state index contributed by atoms with van der Waals surface area (Å²) in [4.78, 5) is 3.30. The summed E-state index contributed by atoms with van der Waals surface area (Å²) in [7, 11) is 0. The van der Waals surface area contributed by atoms with Gasteiger partial charge in [0, 0.05) is 27.7 Å². The summed E-state index contributed by atoms with van der Waals surface area (Å²) in [6.45, 7) is 0. The highest BCUT2D eigenvalue weighted by molar-refractivity contribution is 6.11. The van der Waals surface area contributed by atoms with Crippen LogP contribution in [0.25, 0.3) is 22.2 Å². The topological polar surface area (TPSA) is 116 Å². The number of rotatable bonds is 3. The standard InChI is InChI=1S/C16H15N5.ClH/c17-15(18)10-6-12(16(19)20)11-8-13(21-14(11)7-10)9-4-2-1-3-5-9;/h1-8,21H,(H3,17,18)(H3,19,20);1H. The Kier molecular flexibility index (Phi) is 4.19. The molecule has 22 heavy (non-hydrogen) atoms. The fourth-order valence-electron chi connectivity index (χ4n) is 2.39. The first-order valence-electron chi connectivity index (χ1n) is 6.47. The summed E-state index contributed by atoms with van der Waals surface area (Å²) in [5, 5.41) is 16.1. The van der Waals surface area contributed by atoms with Crippen LogP contribution >= 0.6 is 12.4 Å². The van der Waals surface area contributed by atoms with Gasteiger partial charge in [-0.05, 0) is 23.8 Å². The molecule has 0 aliphatic rings. The zero-order valence-electron chi connectivity index (χ0n) is 11.7. The average Bonchev–Trinajstić information content (AvgIpc) is 2.90. The number of aromatic amines is 1. The van der Waals surface area contributed by atoms with Crippen molar-refractivity contribution in [3.63, 3.8) is 0 Å². The van der Waals surface area contributed by atoms with Crippen molar-refractivity contribution in [3.05, 3.63) is 59.7 Å². The lowest BCUT2D eigenvalue weighted by atomic mass is 10.0. The number of hydrogen-bond acceptors (Lipinski definition) is 2. The Morgan fingerprint density at radius 2 is 1.59 bits per heavy atom. The maximum Gasteiger partial charge on any atom is 0.123 e. The maximum absolute atomic E-state index is 7.72. The molecule has 0 spiro atoms. The van der Waals surface area contributed by atoms with Gasteiger partial charge in [0.25, 0.3) is 0 Å². The Labute approximate surface area is 133 Å². The molecule has 0 saturated heterocycles. The Morgan fingerprint density at radius 3 is 2.18 bits per heavy atom. The molecule has 7 N–H and O–H groups in total. The van der Waals surface area contributed by atoms with Gasteiger partial charge in [0.05, 0.1) is 0 Å². The number of benzene rings is 2. The summed E-state index contributed by atoms with van der Waals surface area (Å²) in [6.07, 6.45) is 0. The summed E-state index contributed by atoms with van der Waals surface area (Å²) in [5.74, 6) is -0.0861. The Balaban J connectivity index is 0.00000176. The van der Waals surface area contributed by atoms with Crippen molar-refractivity contribution < 1.29 is 0 Å². The Hall–Kier alpha value is -2.79. The third-order valence-corrected chi connectivity index (χ3v) is 3.42. The van der Waals surface area contributed by atoms with Gasteiger partial charge in [-0.25, -0.2) is 0 Å². The minimum Gasteiger partial charge on any atom is -0.384 e. The molecule has 0 bridgehead atoms. The highest BCUT2D eigenvalue weighted by atomic mass is 35.5. The molecule has 3 aromatic rings. The summed E-state index contributed by atoms with van der Waals surface area (Å²) in [6, 6.07) is 15.3. The molecular weight excluding hydrogens is 298 g/mol. The van der Waals surface area contributed by atoms with Crippen LogP contribution in [0.5, 0.6) is 0 Å². The quantitative estimate of drug-likeness (QED) is 0.378. The molecule has 0 fully saturated rings. The Bertz CT molecular complexity index is 852. The molecule has 0 aliphatic heterocycles. The number of amidine groups is 2. The van der Waals surface area contributed by atoms with Crippen molar-refractivity contribution in [1.82, 2.24) is 4.98 Å². The molecule has 0 amide bonds. The molecular formula is C16H16ClN5. The lowest BCUT2D eigenvalue weighted by Gasteiger charge is -2.04. The monoisotopic (exact) mass is 313 g/mol. The van der Waals surface area contributed by atoms with E-state index < -0.39 is 0 Å². The van der Waals surface area contributed by atoms with Crippen LogP contribution in [-0.4, -0.2) is 16.7 Å². The van der Waals surface area contributed by atoms with Crippen LogP contribution in [-0.2, 0) is 0 Å². The van der Waals surface area contributed by atoms with Gasteiger partial charge < -0.3 is 16.5 Å². The molecule has 0 saturated carbocycles. The zero-order valence-corrected chi connectivity index (χ0v) is 12.5. The van der Waals surface area contributed by atoms with E-state index >= 15 is 0 Å². The summed E-state index contributed by atoms with van der Waals surface area (Å²) in [5.41, 5.74) is 15.1. The van der Waals surface area contributed by atoms with E-state index in [0.29, 0.717) is 11.1 Å². The van der Waals surface area contributed by atoms with Gasteiger partial charge in [-0.15, -0.1) is 12.4 Å². The first-order chi connectivity index (χ1) is 10.1. The molecule has 6 heteroatoms. The van der Waals surface area contributed by atoms with E-state index in [1.54, 1.807) is 12.1 Å². The highest BCUT2D eigenvalue weighted by Crippen LogP contribution is 2.27. The number of nitrogen functional groups attached to an aromatic ring is 2. The molecule has 0 aliphatic carbocycles. The fraction of sp³-hybridized carbons (Fsp3) is 0. The first kappa shape index (κ1) is 15.6. The second-order valence-electron chi connectivity index (χ2n) is 4.86. The molecule has 1 aromatic heterocycles. The predicted octanol–water partition coefficient (Wildman–Crippen LogP) is 2.82. The second kappa shape index (κ2) is 5.91. The molecule has 1 heterocycles. The van der Waals surface area contributed by atoms with E-state index in [2.05, 4.69) is 4.98 Å². The van der Waals surface area contributed by atoms with Crippen LogP contribution in [0.3, 0.4) is 0 Å². The molecule has 3 rings (SSSR count). The summed E-state index contributed by atoms with van der Waals surface area (Å²) < 4.78 is 0. The summed E-state index contributed by atoms with van der Waals surface area (Å²) >= 11 is 0. The third-order valence-electron chi connectivity index (χ3n) is 3.42. The number of nitrogens with one attached hydrogen (secondary N) is 3. The van der Waals surface area contributed by atoms with Gasteiger partial charge in [0.15, 0.2) is 0 Å². The average molecular weight is 314 g/mol. The van der Waals surface area contributed by atoms with Crippen LogP contribution in [0.1, 0.15) is 11.1 Å². The van der Waals surface area contributed by atoms with Gasteiger partial charge in [-0.1, -0.05) is 30.3 Å². The van der Waals surface area contributed by atoms with Crippen molar-refractivity contribution in [1.29, 1.82) is 10.8 Å². The van der Waals surface area contributed by atoms with Crippen LogP contribution in [0.4, 0.5) is 0 Å². The molecule has 0 unspecified atom stereocenters. The maximum atomic E-state index is 7.72. The van der Waals surface area contributed by atoms with Gasteiger partial charge in [0.2, 0.25) is 0 Å². The molecule has 5 nitrogen and oxygen atoms in total. The SMILES string of the molecule is Cl.N=C(N)c1cc(C(=N)N)c2cc(-c3ccccc3)[nH]c2c1. The van der Waals surface area contributed by atoms with Crippen LogP contribution in [0.15, 0.2) is 48.5 Å².